The summed E-state index contributed by atoms with van der Waals surface area (Å²) in [5.74, 6) is 1.00. The van der Waals surface area contributed by atoms with E-state index in [4.69, 9.17) is 0 Å². The molecule has 3 heteroatoms. The summed E-state index contributed by atoms with van der Waals surface area (Å²) in [7, 11) is 0. The van der Waals surface area contributed by atoms with Crippen molar-refractivity contribution in [2.24, 2.45) is 0 Å². The number of nitrogens with zero attached hydrogens (tertiary/aromatic N) is 1. The molecule has 0 atom stereocenters. The Kier molecular flexibility index (Phi) is 1.08. The van der Waals surface area contributed by atoms with Gasteiger partial charge in [-0.2, -0.15) is 0 Å². The maximum Gasteiger partial charge on any atom is 0.120 e. The smallest absolute Gasteiger partial charge is 0.120 e. The number of thiophene rings is 1. The highest BCUT2D eigenvalue weighted by atomic mass is 32.1. The lowest BCUT2D eigenvalue weighted by Crippen LogP contribution is -1.69. The van der Waals surface area contributed by atoms with E-state index in [0.717, 1.165) is 11.3 Å². The Bertz CT molecular complexity index is 295. The molecule has 2 rings (SSSR count). The highest BCUT2D eigenvalue weighted by molar-refractivity contribution is 7.18. The molecule has 0 aliphatic rings. The van der Waals surface area contributed by atoms with Crippen LogP contribution in [0.15, 0.2) is 6.07 Å². The maximum atomic E-state index is 4.29. The molecule has 0 radical (unpaired) electrons. The minimum Gasteiger partial charge on any atom is -0.334 e. The first-order valence-electron chi connectivity index (χ1n) is 3.18. The van der Waals surface area contributed by atoms with Gasteiger partial charge < -0.3 is 4.98 Å². The lowest BCUT2D eigenvalue weighted by molar-refractivity contribution is 1.17. The van der Waals surface area contributed by atoms with Gasteiger partial charge in [-0.1, -0.05) is 0 Å². The molecule has 2 heterocycles. The molecule has 0 aromatic carbocycles. The van der Waals surface area contributed by atoms with E-state index in [2.05, 4.69) is 23.0 Å². The number of aromatic nitrogens is 2. The van der Waals surface area contributed by atoms with E-state index in [0.29, 0.717) is 0 Å². The zero-order valence-corrected chi connectivity index (χ0v) is 6.75. The van der Waals surface area contributed by atoms with Crippen LogP contribution in [-0.4, -0.2) is 9.97 Å². The fourth-order valence-corrected chi connectivity index (χ4v) is 1.95. The minimum absolute atomic E-state index is 1.00. The summed E-state index contributed by atoms with van der Waals surface area (Å²) in [5, 5.41) is 0. The zero-order chi connectivity index (χ0) is 7.14. The van der Waals surface area contributed by atoms with Crippen molar-refractivity contribution in [3.8, 4) is 0 Å². The van der Waals surface area contributed by atoms with E-state index >= 15 is 0 Å². The molecule has 0 saturated heterocycles. The van der Waals surface area contributed by atoms with Crippen molar-refractivity contribution in [3.05, 3.63) is 16.8 Å². The molecular formula is C7H8N2S. The summed E-state index contributed by atoms with van der Waals surface area (Å²) in [5.41, 5.74) is 1.10. The van der Waals surface area contributed by atoms with Crippen LogP contribution >= 0.6 is 11.3 Å². The number of nitrogens with one attached hydrogen (secondary N) is 1. The number of aromatic amines is 1. The van der Waals surface area contributed by atoms with Crippen LogP contribution in [-0.2, 0) is 0 Å². The van der Waals surface area contributed by atoms with Crippen LogP contribution in [0, 0.1) is 13.8 Å². The fourth-order valence-electron chi connectivity index (χ4n) is 1.05. The van der Waals surface area contributed by atoms with E-state index in [1.54, 1.807) is 11.3 Å². The lowest BCUT2D eigenvalue weighted by Gasteiger charge is -1.76. The molecule has 2 aromatic heterocycles. The van der Waals surface area contributed by atoms with Crippen LogP contribution in [0.25, 0.3) is 10.3 Å². The highest BCUT2D eigenvalue weighted by Crippen LogP contribution is 2.21. The fraction of sp³-hybridized carbons (Fsp3) is 0.286. The highest BCUT2D eigenvalue weighted by Gasteiger charge is 2.00. The third-order valence-electron chi connectivity index (χ3n) is 1.42. The average Bonchev–Trinajstić information content (AvgIpc) is 2.21. The number of hydrogen-bond donors (Lipinski definition) is 1. The molecule has 0 unspecified atom stereocenters. The van der Waals surface area contributed by atoms with Gasteiger partial charge in [0.25, 0.3) is 0 Å². The molecule has 0 bridgehead atoms. The average molecular weight is 152 g/mol. The van der Waals surface area contributed by atoms with Gasteiger partial charge in [-0.15, -0.1) is 11.3 Å². The van der Waals surface area contributed by atoms with Crippen molar-refractivity contribution in [3.63, 3.8) is 0 Å². The van der Waals surface area contributed by atoms with E-state index in [1.165, 1.54) is 9.71 Å². The lowest BCUT2D eigenvalue weighted by atomic mass is 10.5. The summed E-state index contributed by atoms with van der Waals surface area (Å²) in [6.07, 6.45) is 0. The van der Waals surface area contributed by atoms with Crippen LogP contribution in [0.4, 0.5) is 0 Å². The molecule has 0 amide bonds. The summed E-state index contributed by atoms with van der Waals surface area (Å²) in [6, 6.07) is 2.10. The van der Waals surface area contributed by atoms with Crippen LogP contribution in [0.2, 0.25) is 0 Å². The number of rotatable bonds is 0. The van der Waals surface area contributed by atoms with Gasteiger partial charge in [0.15, 0.2) is 0 Å². The Morgan fingerprint density at radius 1 is 1.50 bits per heavy atom. The molecule has 0 aliphatic heterocycles. The van der Waals surface area contributed by atoms with Crippen molar-refractivity contribution in [1.29, 1.82) is 0 Å². The number of hydrogen-bond acceptors (Lipinski definition) is 2. The monoisotopic (exact) mass is 152 g/mol. The number of fused-ring (bicyclic) bond motifs is 1. The van der Waals surface area contributed by atoms with Crippen molar-refractivity contribution in [1.82, 2.24) is 9.97 Å². The molecule has 0 fully saturated rings. The first-order valence-corrected chi connectivity index (χ1v) is 4.00. The molecule has 0 spiro atoms. The Morgan fingerprint density at radius 2 is 2.30 bits per heavy atom. The van der Waals surface area contributed by atoms with Gasteiger partial charge in [0.05, 0.1) is 0 Å². The van der Waals surface area contributed by atoms with Gasteiger partial charge >= 0.3 is 0 Å². The molecule has 52 valence electrons. The topological polar surface area (TPSA) is 28.7 Å². The predicted molar refractivity (Wildman–Crippen MR) is 43.4 cm³/mol. The molecule has 2 nitrogen and oxygen atoms in total. The third-order valence-corrected chi connectivity index (χ3v) is 2.37. The van der Waals surface area contributed by atoms with Crippen LogP contribution in [0.1, 0.15) is 10.7 Å². The van der Waals surface area contributed by atoms with E-state index in [9.17, 15) is 0 Å². The van der Waals surface area contributed by atoms with Crippen LogP contribution in [0.5, 0.6) is 0 Å². The summed E-state index contributed by atoms with van der Waals surface area (Å²) in [6.45, 7) is 4.07. The van der Waals surface area contributed by atoms with Crippen molar-refractivity contribution >= 4 is 21.7 Å². The third kappa shape index (κ3) is 0.743. The van der Waals surface area contributed by atoms with Gasteiger partial charge in [0.2, 0.25) is 0 Å². The second kappa shape index (κ2) is 1.83. The number of imidazole rings is 1. The van der Waals surface area contributed by atoms with Crippen molar-refractivity contribution in [2.45, 2.75) is 13.8 Å². The molecule has 0 aliphatic carbocycles. The number of aryl methyl sites for hydroxylation is 2. The normalized spacial score (nSPS) is 11.0. The Labute approximate surface area is 62.9 Å². The first-order chi connectivity index (χ1) is 4.75. The van der Waals surface area contributed by atoms with Gasteiger partial charge in [0, 0.05) is 4.88 Å². The molecule has 1 N–H and O–H groups in total. The second-order valence-corrected chi connectivity index (χ2v) is 3.65. The Morgan fingerprint density at radius 3 is 3.00 bits per heavy atom. The van der Waals surface area contributed by atoms with E-state index < -0.39 is 0 Å². The maximum absolute atomic E-state index is 4.29. The predicted octanol–water partition coefficient (Wildman–Crippen LogP) is 2.24. The summed E-state index contributed by atoms with van der Waals surface area (Å²) < 4.78 is 0. The molecular weight excluding hydrogens is 144 g/mol. The molecule has 2 aromatic rings. The summed E-state index contributed by atoms with van der Waals surface area (Å²) in [4.78, 5) is 9.98. The first kappa shape index (κ1) is 5.92. The second-order valence-electron chi connectivity index (χ2n) is 2.39. The standard InChI is InChI=1S/C7H8N2S/c1-4-3-6-7(10-4)9-5(2)8-6/h3H,1-2H3,(H,8,9). The van der Waals surface area contributed by atoms with Gasteiger partial charge in [-0.3, -0.25) is 0 Å². The SMILES string of the molecule is Cc1nc2cc(C)sc2[nH]1. The largest absolute Gasteiger partial charge is 0.334 e. The van der Waals surface area contributed by atoms with Crippen molar-refractivity contribution < 1.29 is 0 Å². The number of H-pyrrole nitrogens is 1. The van der Waals surface area contributed by atoms with Gasteiger partial charge in [0.1, 0.15) is 16.2 Å². The van der Waals surface area contributed by atoms with E-state index in [-0.39, 0.29) is 0 Å². The van der Waals surface area contributed by atoms with Gasteiger partial charge in [-0.25, -0.2) is 4.98 Å². The van der Waals surface area contributed by atoms with Crippen LogP contribution in [0.3, 0.4) is 0 Å². The zero-order valence-electron chi connectivity index (χ0n) is 5.93. The Hall–Kier alpha value is -0.830. The van der Waals surface area contributed by atoms with Crippen LogP contribution < -0.4 is 0 Å². The molecule has 0 saturated carbocycles. The summed E-state index contributed by atoms with van der Waals surface area (Å²) >= 11 is 1.75. The molecule has 10 heavy (non-hydrogen) atoms. The van der Waals surface area contributed by atoms with E-state index in [1.807, 2.05) is 6.92 Å². The van der Waals surface area contributed by atoms with Crippen molar-refractivity contribution in [2.75, 3.05) is 0 Å². The quantitative estimate of drug-likeness (QED) is 0.616. The Balaban J connectivity index is 2.83. The van der Waals surface area contributed by atoms with Gasteiger partial charge in [-0.05, 0) is 19.9 Å². The minimum atomic E-state index is 1.00.